The molecular formula is C19H21N5O2. The number of pyridine rings is 1. The second-order valence-electron chi connectivity index (χ2n) is 6.47. The van der Waals surface area contributed by atoms with E-state index in [0.717, 1.165) is 34.8 Å². The molecule has 1 atom stereocenters. The van der Waals surface area contributed by atoms with Gasteiger partial charge in [-0.1, -0.05) is 0 Å². The van der Waals surface area contributed by atoms with Crippen LogP contribution in [0.3, 0.4) is 0 Å². The minimum atomic E-state index is -0.0884. The van der Waals surface area contributed by atoms with Gasteiger partial charge < -0.3 is 19.5 Å². The molecule has 0 aliphatic carbocycles. The van der Waals surface area contributed by atoms with Gasteiger partial charge in [-0.25, -0.2) is 14.8 Å². The summed E-state index contributed by atoms with van der Waals surface area (Å²) in [6.07, 6.45) is 2.67. The number of anilines is 1. The van der Waals surface area contributed by atoms with Crippen molar-refractivity contribution in [1.29, 1.82) is 0 Å². The fourth-order valence-electron chi connectivity index (χ4n) is 3.44. The topological polar surface area (TPSA) is 72.3 Å². The number of fused-ring (bicyclic) bond motifs is 1. The summed E-state index contributed by atoms with van der Waals surface area (Å²) >= 11 is 0. The maximum atomic E-state index is 12.5. The molecule has 7 nitrogen and oxygen atoms in total. The van der Waals surface area contributed by atoms with E-state index in [9.17, 15) is 4.79 Å². The Labute approximate surface area is 151 Å². The second kappa shape index (κ2) is 6.67. The summed E-state index contributed by atoms with van der Waals surface area (Å²) in [5.41, 5.74) is 2.53. The number of benzene rings is 1. The van der Waals surface area contributed by atoms with Gasteiger partial charge in [0.15, 0.2) is 5.65 Å². The van der Waals surface area contributed by atoms with E-state index < -0.39 is 0 Å². The Morgan fingerprint density at radius 2 is 2.08 bits per heavy atom. The molecule has 4 rings (SSSR count). The van der Waals surface area contributed by atoms with Crippen molar-refractivity contribution < 1.29 is 9.53 Å². The molecule has 0 radical (unpaired) electrons. The molecular weight excluding hydrogens is 330 g/mol. The number of methoxy groups -OCH3 is 1. The highest BCUT2D eigenvalue weighted by Crippen LogP contribution is 2.28. The van der Waals surface area contributed by atoms with Crippen molar-refractivity contribution in [2.75, 3.05) is 25.5 Å². The fourth-order valence-corrected chi connectivity index (χ4v) is 3.44. The van der Waals surface area contributed by atoms with Crippen molar-refractivity contribution in [3.8, 4) is 5.75 Å². The highest BCUT2D eigenvalue weighted by atomic mass is 16.5. The first-order chi connectivity index (χ1) is 12.7. The monoisotopic (exact) mass is 351 g/mol. The number of aromatic nitrogens is 3. The third-order valence-electron chi connectivity index (χ3n) is 4.84. The van der Waals surface area contributed by atoms with Crippen LogP contribution in [0.2, 0.25) is 0 Å². The van der Waals surface area contributed by atoms with Crippen LogP contribution in [0.15, 0.2) is 42.6 Å². The molecule has 7 heteroatoms. The Kier molecular flexibility index (Phi) is 4.20. The Morgan fingerprint density at radius 3 is 2.81 bits per heavy atom. The van der Waals surface area contributed by atoms with E-state index in [-0.39, 0.29) is 11.9 Å². The van der Waals surface area contributed by atoms with Gasteiger partial charge in [0.1, 0.15) is 17.1 Å². The van der Waals surface area contributed by atoms with Gasteiger partial charge in [0, 0.05) is 37.9 Å². The maximum Gasteiger partial charge on any atom is 0.321 e. The normalized spacial score (nSPS) is 16.8. The molecule has 1 saturated heterocycles. The van der Waals surface area contributed by atoms with E-state index in [1.165, 1.54) is 0 Å². The third-order valence-corrected chi connectivity index (χ3v) is 4.84. The van der Waals surface area contributed by atoms with Crippen molar-refractivity contribution in [2.45, 2.75) is 12.3 Å². The lowest BCUT2D eigenvalue weighted by molar-refractivity contribution is 0.222. The smallest absolute Gasteiger partial charge is 0.321 e. The van der Waals surface area contributed by atoms with Gasteiger partial charge in [-0.15, -0.1) is 0 Å². The van der Waals surface area contributed by atoms with Gasteiger partial charge >= 0.3 is 6.03 Å². The number of hydrogen-bond donors (Lipinski definition) is 1. The maximum absolute atomic E-state index is 12.5. The molecule has 1 aromatic carbocycles. The van der Waals surface area contributed by atoms with E-state index >= 15 is 0 Å². The second-order valence-corrected chi connectivity index (χ2v) is 6.47. The molecule has 0 bridgehead atoms. The van der Waals surface area contributed by atoms with Crippen LogP contribution in [0.4, 0.5) is 10.5 Å². The van der Waals surface area contributed by atoms with E-state index in [1.807, 2.05) is 52.9 Å². The number of likely N-dealkylation sites (tertiary alicyclic amines) is 1. The Hall–Kier alpha value is -3.09. The summed E-state index contributed by atoms with van der Waals surface area (Å²) in [5, 5.41) is 2.94. The number of imidazole rings is 1. The number of nitrogens with zero attached hydrogens (tertiary/aromatic N) is 4. The summed E-state index contributed by atoms with van der Waals surface area (Å²) in [4.78, 5) is 23.5. The van der Waals surface area contributed by atoms with Crippen LogP contribution in [-0.4, -0.2) is 45.7 Å². The molecule has 0 unspecified atom stereocenters. The fraction of sp³-hybridized carbons (Fsp3) is 0.316. The van der Waals surface area contributed by atoms with Gasteiger partial charge in [0.25, 0.3) is 0 Å². The average molecular weight is 351 g/mol. The van der Waals surface area contributed by atoms with Crippen LogP contribution in [0.25, 0.3) is 11.2 Å². The third kappa shape index (κ3) is 2.96. The number of carbonyl (C=O) groups excluding carboxylic acids is 1. The zero-order valence-corrected chi connectivity index (χ0v) is 14.8. The molecule has 1 N–H and O–H groups in total. The number of urea groups is 1. The number of rotatable bonds is 3. The van der Waals surface area contributed by atoms with Crippen LogP contribution in [0, 0.1) is 0 Å². The first-order valence-electron chi connectivity index (χ1n) is 8.63. The van der Waals surface area contributed by atoms with E-state index in [0.29, 0.717) is 13.1 Å². The molecule has 1 fully saturated rings. The van der Waals surface area contributed by atoms with Crippen LogP contribution in [-0.2, 0) is 7.05 Å². The molecule has 2 amide bonds. The number of nitrogens with one attached hydrogen (secondary N) is 1. The summed E-state index contributed by atoms with van der Waals surface area (Å²) < 4.78 is 7.17. The Bertz CT molecular complexity index is 935. The lowest BCUT2D eigenvalue weighted by Crippen LogP contribution is -2.32. The zero-order chi connectivity index (χ0) is 18.1. The van der Waals surface area contributed by atoms with Crippen molar-refractivity contribution in [3.05, 3.63) is 48.4 Å². The first-order valence-corrected chi connectivity index (χ1v) is 8.63. The van der Waals surface area contributed by atoms with Crippen molar-refractivity contribution in [3.63, 3.8) is 0 Å². The molecule has 0 spiro atoms. The number of hydrogen-bond acceptors (Lipinski definition) is 4. The molecule has 0 saturated carbocycles. The predicted molar refractivity (Wildman–Crippen MR) is 99.5 cm³/mol. The van der Waals surface area contributed by atoms with Crippen molar-refractivity contribution in [1.82, 2.24) is 19.4 Å². The van der Waals surface area contributed by atoms with Gasteiger partial charge in [-0.05, 0) is 42.8 Å². The Balaban J connectivity index is 1.45. The molecule has 2 aromatic heterocycles. The quantitative estimate of drug-likeness (QED) is 0.787. The van der Waals surface area contributed by atoms with Crippen LogP contribution in [0.1, 0.15) is 18.2 Å². The van der Waals surface area contributed by atoms with Gasteiger partial charge in [0.2, 0.25) is 0 Å². The van der Waals surface area contributed by atoms with E-state index in [2.05, 4.69) is 10.3 Å². The zero-order valence-electron chi connectivity index (χ0n) is 14.8. The van der Waals surface area contributed by atoms with E-state index in [1.54, 1.807) is 13.3 Å². The number of aryl methyl sites for hydroxylation is 1. The van der Waals surface area contributed by atoms with Crippen molar-refractivity contribution in [2.24, 2.45) is 7.05 Å². The minimum absolute atomic E-state index is 0.0884. The SMILES string of the molecule is COc1ccc(NC(=O)N2CC[C@H](c3nc4cccnc4n3C)C2)cc1. The van der Waals surface area contributed by atoms with E-state index in [4.69, 9.17) is 9.72 Å². The highest BCUT2D eigenvalue weighted by molar-refractivity contribution is 5.89. The lowest BCUT2D eigenvalue weighted by Gasteiger charge is -2.17. The largest absolute Gasteiger partial charge is 0.497 e. The molecule has 1 aliphatic rings. The van der Waals surface area contributed by atoms with Crippen LogP contribution in [0.5, 0.6) is 5.75 Å². The summed E-state index contributed by atoms with van der Waals surface area (Å²) in [6.45, 7) is 1.36. The first kappa shape index (κ1) is 16.4. The van der Waals surface area contributed by atoms with Crippen LogP contribution >= 0.6 is 0 Å². The summed E-state index contributed by atoms with van der Waals surface area (Å²) in [5.74, 6) is 1.97. The minimum Gasteiger partial charge on any atom is -0.497 e. The molecule has 134 valence electrons. The predicted octanol–water partition coefficient (Wildman–Crippen LogP) is 3.00. The molecule has 3 aromatic rings. The standard InChI is InChI=1S/C19H21N5O2/c1-23-17(22-16-4-3-10-20-18(16)23)13-9-11-24(12-13)19(25)21-14-5-7-15(26-2)8-6-14/h3-8,10,13H,9,11-12H2,1-2H3,(H,21,25)/t13-/m0/s1. The molecule has 1 aliphatic heterocycles. The number of ether oxygens (including phenoxy) is 1. The number of amides is 2. The van der Waals surface area contributed by atoms with Crippen molar-refractivity contribution >= 4 is 22.9 Å². The van der Waals surface area contributed by atoms with Gasteiger partial charge in [-0.3, -0.25) is 0 Å². The molecule has 26 heavy (non-hydrogen) atoms. The average Bonchev–Trinajstić information content (AvgIpc) is 3.28. The van der Waals surface area contributed by atoms with Crippen LogP contribution < -0.4 is 10.1 Å². The molecule has 3 heterocycles. The van der Waals surface area contributed by atoms with Gasteiger partial charge in [0.05, 0.1) is 7.11 Å². The summed E-state index contributed by atoms with van der Waals surface area (Å²) in [6, 6.07) is 11.1. The van der Waals surface area contributed by atoms with Gasteiger partial charge in [-0.2, -0.15) is 0 Å². The number of carbonyl (C=O) groups is 1. The highest BCUT2D eigenvalue weighted by Gasteiger charge is 2.30. The Morgan fingerprint density at radius 1 is 1.27 bits per heavy atom. The lowest BCUT2D eigenvalue weighted by atomic mass is 10.1. The summed E-state index contributed by atoms with van der Waals surface area (Å²) in [7, 11) is 3.60.